The molecule has 2 fully saturated rings. The van der Waals surface area contributed by atoms with Gasteiger partial charge in [-0.3, -0.25) is 9.69 Å². The molecular formula is C17H27Cl2N3O2. The largest absolute Gasteiger partial charge is 0.379 e. The normalized spacial score (nSPS) is 21.2. The zero-order valence-electron chi connectivity index (χ0n) is 13.8. The van der Waals surface area contributed by atoms with E-state index in [0.29, 0.717) is 0 Å². The summed E-state index contributed by atoms with van der Waals surface area (Å²) in [6.07, 6.45) is 2.06. The number of benzene rings is 1. The van der Waals surface area contributed by atoms with Gasteiger partial charge in [-0.15, -0.1) is 24.8 Å². The average molecular weight is 376 g/mol. The van der Waals surface area contributed by atoms with Gasteiger partial charge in [0.1, 0.15) is 0 Å². The van der Waals surface area contributed by atoms with E-state index in [1.165, 1.54) is 5.56 Å². The number of carbonyl (C=O) groups is 1. The average Bonchev–Trinajstić information content (AvgIpc) is 2.58. The molecule has 2 heterocycles. The van der Waals surface area contributed by atoms with Crippen molar-refractivity contribution in [1.29, 1.82) is 0 Å². The molecule has 2 aliphatic heterocycles. The molecule has 136 valence electrons. The molecule has 7 heteroatoms. The van der Waals surface area contributed by atoms with Gasteiger partial charge in [-0.25, -0.2) is 0 Å². The van der Waals surface area contributed by atoms with Gasteiger partial charge in [0, 0.05) is 31.9 Å². The molecule has 3 rings (SSSR count). The maximum Gasteiger partial charge on any atom is 0.228 e. The zero-order chi connectivity index (χ0) is 15.2. The third-order valence-corrected chi connectivity index (χ3v) is 4.40. The van der Waals surface area contributed by atoms with Gasteiger partial charge in [-0.1, -0.05) is 12.1 Å². The molecule has 1 atom stereocenters. The van der Waals surface area contributed by atoms with E-state index in [1.54, 1.807) is 0 Å². The van der Waals surface area contributed by atoms with Crippen LogP contribution in [0.2, 0.25) is 0 Å². The lowest BCUT2D eigenvalue weighted by Crippen LogP contribution is -2.37. The van der Waals surface area contributed by atoms with Gasteiger partial charge in [0.25, 0.3) is 0 Å². The molecule has 0 aliphatic carbocycles. The second kappa shape index (κ2) is 10.9. The van der Waals surface area contributed by atoms with Gasteiger partial charge >= 0.3 is 0 Å². The van der Waals surface area contributed by atoms with Crippen LogP contribution in [0.5, 0.6) is 0 Å². The Balaban J connectivity index is 0.00000144. The Labute approximate surface area is 156 Å². The van der Waals surface area contributed by atoms with Gasteiger partial charge < -0.3 is 15.4 Å². The molecule has 2 aliphatic rings. The number of ether oxygens (including phenoxy) is 1. The Bertz CT molecular complexity index is 487. The van der Waals surface area contributed by atoms with Crippen molar-refractivity contribution in [2.24, 2.45) is 5.92 Å². The first-order valence-electron chi connectivity index (χ1n) is 8.22. The fourth-order valence-corrected chi connectivity index (χ4v) is 3.03. The van der Waals surface area contributed by atoms with E-state index in [2.05, 4.69) is 27.7 Å². The van der Waals surface area contributed by atoms with Crippen molar-refractivity contribution in [3.63, 3.8) is 0 Å². The van der Waals surface area contributed by atoms with Crippen LogP contribution in [0.25, 0.3) is 0 Å². The maximum atomic E-state index is 12.2. The van der Waals surface area contributed by atoms with E-state index in [1.807, 2.05) is 12.1 Å². The lowest BCUT2D eigenvalue weighted by molar-refractivity contribution is -0.120. The molecule has 0 bridgehead atoms. The summed E-state index contributed by atoms with van der Waals surface area (Å²) >= 11 is 0. The number of hydrogen-bond acceptors (Lipinski definition) is 4. The highest BCUT2D eigenvalue weighted by Gasteiger charge is 2.20. The molecule has 1 aromatic rings. The number of hydrogen-bond donors (Lipinski definition) is 2. The van der Waals surface area contributed by atoms with E-state index in [9.17, 15) is 4.79 Å². The number of amides is 1. The van der Waals surface area contributed by atoms with Gasteiger partial charge in [-0.2, -0.15) is 0 Å². The van der Waals surface area contributed by atoms with Gasteiger partial charge in [0.05, 0.1) is 19.1 Å². The molecule has 2 N–H and O–H groups in total. The third kappa shape index (κ3) is 6.22. The SMILES string of the molecule is Cl.Cl.O=C(Nc1ccc(CN2CCOCC2)cc1)C1CCCNC1. The number of piperidine rings is 1. The number of carbonyl (C=O) groups excluding carboxylic acids is 1. The highest BCUT2D eigenvalue weighted by Crippen LogP contribution is 2.16. The van der Waals surface area contributed by atoms with E-state index in [0.717, 1.165) is 64.5 Å². The second-order valence-electron chi connectivity index (χ2n) is 6.12. The number of nitrogens with zero attached hydrogens (tertiary/aromatic N) is 1. The number of morpholine rings is 1. The smallest absolute Gasteiger partial charge is 0.228 e. The molecule has 0 aromatic heterocycles. The lowest BCUT2D eigenvalue weighted by atomic mass is 9.99. The Kier molecular flexibility index (Phi) is 9.63. The Morgan fingerprint density at radius 2 is 1.92 bits per heavy atom. The Hall–Kier alpha value is -0.850. The van der Waals surface area contributed by atoms with E-state index in [4.69, 9.17) is 4.74 Å². The molecule has 1 unspecified atom stereocenters. The molecule has 1 amide bonds. The summed E-state index contributed by atoms with van der Waals surface area (Å²) in [7, 11) is 0. The second-order valence-corrected chi connectivity index (χ2v) is 6.12. The topological polar surface area (TPSA) is 53.6 Å². The third-order valence-electron chi connectivity index (χ3n) is 4.40. The first-order valence-corrected chi connectivity index (χ1v) is 8.22. The quantitative estimate of drug-likeness (QED) is 0.847. The first-order chi connectivity index (χ1) is 10.8. The number of anilines is 1. The number of rotatable bonds is 4. The predicted octanol–water partition coefficient (Wildman–Crippen LogP) is 2.30. The fraction of sp³-hybridized carbons (Fsp3) is 0.588. The van der Waals surface area contributed by atoms with Crippen LogP contribution < -0.4 is 10.6 Å². The molecular weight excluding hydrogens is 349 g/mol. The minimum atomic E-state index is 0. The molecule has 0 radical (unpaired) electrons. The van der Waals surface area contributed by atoms with Crippen LogP contribution in [-0.4, -0.2) is 50.2 Å². The number of halogens is 2. The summed E-state index contributed by atoms with van der Waals surface area (Å²) in [5.41, 5.74) is 2.17. The summed E-state index contributed by atoms with van der Waals surface area (Å²) in [5, 5.41) is 6.31. The number of nitrogens with one attached hydrogen (secondary N) is 2. The van der Waals surface area contributed by atoms with Crippen molar-refractivity contribution in [3.05, 3.63) is 29.8 Å². The highest BCUT2D eigenvalue weighted by atomic mass is 35.5. The standard InChI is InChI=1S/C17H25N3O2.2ClH/c21-17(15-2-1-7-18-12-15)19-16-5-3-14(4-6-16)13-20-8-10-22-11-9-20;;/h3-6,15,18H,1-2,7-13H2,(H,19,21);2*1H. The lowest BCUT2D eigenvalue weighted by Gasteiger charge is -2.26. The van der Waals surface area contributed by atoms with Gasteiger partial charge in [0.2, 0.25) is 5.91 Å². The molecule has 5 nitrogen and oxygen atoms in total. The van der Waals surface area contributed by atoms with Crippen LogP contribution in [0.15, 0.2) is 24.3 Å². The minimum absolute atomic E-state index is 0. The Morgan fingerprint density at radius 1 is 1.21 bits per heavy atom. The van der Waals surface area contributed by atoms with Crippen molar-refractivity contribution in [2.75, 3.05) is 44.7 Å². The van der Waals surface area contributed by atoms with Crippen molar-refractivity contribution in [1.82, 2.24) is 10.2 Å². The first kappa shape index (κ1) is 21.2. The summed E-state index contributed by atoms with van der Waals surface area (Å²) in [5.74, 6) is 0.231. The van der Waals surface area contributed by atoms with E-state index >= 15 is 0 Å². The predicted molar refractivity (Wildman–Crippen MR) is 101 cm³/mol. The van der Waals surface area contributed by atoms with Crippen LogP contribution in [0.4, 0.5) is 5.69 Å². The zero-order valence-corrected chi connectivity index (χ0v) is 15.5. The molecule has 0 saturated carbocycles. The highest BCUT2D eigenvalue weighted by molar-refractivity contribution is 5.92. The van der Waals surface area contributed by atoms with E-state index < -0.39 is 0 Å². The summed E-state index contributed by atoms with van der Waals surface area (Å²) < 4.78 is 5.36. The van der Waals surface area contributed by atoms with E-state index in [-0.39, 0.29) is 36.6 Å². The molecule has 1 aromatic carbocycles. The van der Waals surface area contributed by atoms with Gasteiger partial charge in [-0.05, 0) is 37.1 Å². The summed E-state index contributed by atoms with van der Waals surface area (Å²) in [4.78, 5) is 14.6. The van der Waals surface area contributed by atoms with Crippen molar-refractivity contribution in [2.45, 2.75) is 19.4 Å². The van der Waals surface area contributed by atoms with Crippen molar-refractivity contribution in [3.8, 4) is 0 Å². The van der Waals surface area contributed by atoms with Crippen LogP contribution in [0, 0.1) is 5.92 Å². The fourth-order valence-electron chi connectivity index (χ4n) is 3.03. The van der Waals surface area contributed by atoms with Crippen molar-refractivity contribution >= 4 is 36.4 Å². The maximum absolute atomic E-state index is 12.2. The summed E-state index contributed by atoms with van der Waals surface area (Å²) in [6, 6.07) is 8.21. The minimum Gasteiger partial charge on any atom is -0.379 e. The van der Waals surface area contributed by atoms with Crippen LogP contribution >= 0.6 is 24.8 Å². The monoisotopic (exact) mass is 375 g/mol. The molecule has 0 spiro atoms. The van der Waals surface area contributed by atoms with Crippen molar-refractivity contribution < 1.29 is 9.53 Å². The van der Waals surface area contributed by atoms with Gasteiger partial charge in [0.15, 0.2) is 0 Å². The molecule has 2 saturated heterocycles. The van der Waals surface area contributed by atoms with Crippen LogP contribution in [-0.2, 0) is 16.1 Å². The molecule has 24 heavy (non-hydrogen) atoms. The Morgan fingerprint density at radius 3 is 2.54 bits per heavy atom. The summed E-state index contributed by atoms with van der Waals surface area (Å²) in [6.45, 7) is 6.40. The van der Waals surface area contributed by atoms with Crippen LogP contribution in [0.3, 0.4) is 0 Å². The van der Waals surface area contributed by atoms with Crippen LogP contribution in [0.1, 0.15) is 18.4 Å².